The van der Waals surface area contributed by atoms with Crippen molar-refractivity contribution in [3.63, 3.8) is 0 Å². The molecule has 2 N–H and O–H groups in total. The highest BCUT2D eigenvalue weighted by atomic mass is 16.5. The van der Waals surface area contributed by atoms with Gasteiger partial charge in [0, 0.05) is 30.9 Å². The number of rotatable bonds is 2. The van der Waals surface area contributed by atoms with Crippen molar-refractivity contribution in [1.82, 2.24) is 4.57 Å². The van der Waals surface area contributed by atoms with Gasteiger partial charge in [-0.1, -0.05) is 18.2 Å². The van der Waals surface area contributed by atoms with Crippen molar-refractivity contribution in [1.29, 1.82) is 0 Å². The first-order chi connectivity index (χ1) is 10.3. The minimum Gasteiger partial charge on any atom is -0.493 e. The van der Waals surface area contributed by atoms with Crippen LogP contribution in [0, 0.1) is 0 Å². The zero-order chi connectivity index (χ0) is 14.2. The van der Waals surface area contributed by atoms with Gasteiger partial charge in [-0.15, -0.1) is 0 Å². The van der Waals surface area contributed by atoms with Crippen LogP contribution in [0.3, 0.4) is 0 Å². The molecule has 1 aliphatic heterocycles. The number of hydrogen-bond acceptors (Lipinski definition) is 2. The molecule has 1 aliphatic carbocycles. The Hall–Kier alpha value is -1.74. The molecule has 1 aromatic heterocycles. The summed E-state index contributed by atoms with van der Waals surface area (Å²) >= 11 is 0. The highest BCUT2D eigenvalue weighted by Gasteiger charge is 2.23. The summed E-state index contributed by atoms with van der Waals surface area (Å²) in [6.45, 7) is 1.85. The Labute approximate surface area is 125 Å². The lowest BCUT2D eigenvalue weighted by Gasteiger charge is -2.26. The third kappa shape index (κ3) is 2.36. The average Bonchev–Trinajstić information content (AvgIpc) is 2.92. The van der Waals surface area contributed by atoms with E-state index in [0.717, 1.165) is 31.7 Å². The molecule has 2 aromatic rings. The van der Waals surface area contributed by atoms with E-state index in [0.29, 0.717) is 5.92 Å². The second-order valence-corrected chi connectivity index (χ2v) is 6.31. The first-order valence-corrected chi connectivity index (χ1v) is 7.97. The number of hydrogen-bond donors (Lipinski definition) is 1. The van der Waals surface area contributed by atoms with Gasteiger partial charge in [0.05, 0.1) is 6.61 Å². The van der Waals surface area contributed by atoms with Crippen LogP contribution in [0.15, 0.2) is 36.7 Å². The molecule has 4 rings (SSSR count). The minimum absolute atomic E-state index is 0.233. The number of ether oxygens (including phenoxy) is 1. The monoisotopic (exact) mass is 282 g/mol. The second kappa shape index (κ2) is 5.23. The molecule has 2 heterocycles. The van der Waals surface area contributed by atoms with Crippen molar-refractivity contribution >= 4 is 0 Å². The highest BCUT2D eigenvalue weighted by molar-refractivity contribution is 5.38. The normalized spacial score (nSPS) is 24.0. The van der Waals surface area contributed by atoms with Crippen molar-refractivity contribution < 1.29 is 4.74 Å². The summed E-state index contributed by atoms with van der Waals surface area (Å²) < 4.78 is 8.11. The molecule has 0 saturated carbocycles. The fourth-order valence-corrected chi connectivity index (χ4v) is 3.75. The van der Waals surface area contributed by atoms with E-state index in [9.17, 15) is 0 Å². The molecule has 3 heteroatoms. The molecule has 2 unspecified atom stereocenters. The fraction of sp³-hybridized carbons (Fsp3) is 0.444. The summed E-state index contributed by atoms with van der Waals surface area (Å²) in [6, 6.07) is 8.68. The smallest absolute Gasteiger partial charge is 0.122 e. The topological polar surface area (TPSA) is 40.2 Å². The molecule has 110 valence electrons. The molecule has 3 nitrogen and oxygen atoms in total. The van der Waals surface area contributed by atoms with Gasteiger partial charge in [0.25, 0.3) is 0 Å². The lowest BCUT2D eigenvalue weighted by atomic mass is 9.92. The van der Waals surface area contributed by atoms with Crippen LogP contribution in [0.4, 0.5) is 0 Å². The van der Waals surface area contributed by atoms with E-state index in [2.05, 4.69) is 41.2 Å². The summed E-state index contributed by atoms with van der Waals surface area (Å²) in [6.07, 6.45) is 9.20. The summed E-state index contributed by atoms with van der Waals surface area (Å²) in [5.41, 5.74) is 10.4. The number of nitrogens with zero attached hydrogens (tertiary/aromatic N) is 1. The van der Waals surface area contributed by atoms with Crippen molar-refractivity contribution in [2.45, 2.75) is 44.2 Å². The SMILES string of the molecule is NC1CCCc2cn(CC3CCOc4ccccc43)cc21. The predicted molar refractivity (Wildman–Crippen MR) is 83.6 cm³/mol. The van der Waals surface area contributed by atoms with Gasteiger partial charge >= 0.3 is 0 Å². The highest BCUT2D eigenvalue weighted by Crippen LogP contribution is 2.35. The average molecular weight is 282 g/mol. The molecule has 1 aromatic carbocycles. The van der Waals surface area contributed by atoms with Gasteiger partial charge in [-0.05, 0) is 48.4 Å². The van der Waals surface area contributed by atoms with Gasteiger partial charge in [-0.2, -0.15) is 0 Å². The van der Waals surface area contributed by atoms with Crippen molar-refractivity contribution in [3.8, 4) is 5.75 Å². The lowest BCUT2D eigenvalue weighted by molar-refractivity contribution is 0.259. The van der Waals surface area contributed by atoms with E-state index in [-0.39, 0.29) is 6.04 Å². The quantitative estimate of drug-likeness (QED) is 0.917. The van der Waals surface area contributed by atoms with Crippen molar-refractivity contribution in [2.24, 2.45) is 5.73 Å². The van der Waals surface area contributed by atoms with E-state index < -0.39 is 0 Å². The van der Waals surface area contributed by atoms with Gasteiger partial charge in [0.1, 0.15) is 5.75 Å². The Morgan fingerprint density at radius 1 is 1.14 bits per heavy atom. The molecule has 2 aliphatic rings. The molecule has 0 saturated heterocycles. The predicted octanol–water partition coefficient (Wildman–Crippen LogP) is 3.39. The number of fused-ring (bicyclic) bond motifs is 2. The maximum absolute atomic E-state index is 6.24. The van der Waals surface area contributed by atoms with Crippen LogP contribution < -0.4 is 10.5 Å². The van der Waals surface area contributed by atoms with Crippen LogP contribution in [-0.4, -0.2) is 11.2 Å². The summed E-state index contributed by atoms with van der Waals surface area (Å²) in [5.74, 6) is 1.60. The van der Waals surface area contributed by atoms with Gasteiger partial charge in [-0.25, -0.2) is 0 Å². The van der Waals surface area contributed by atoms with Crippen LogP contribution in [-0.2, 0) is 13.0 Å². The summed E-state index contributed by atoms with van der Waals surface area (Å²) in [4.78, 5) is 0. The summed E-state index contributed by atoms with van der Waals surface area (Å²) in [7, 11) is 0. The molecule has 21 heavy (non-hydrogen) atoms. The molecule has 0 spiro atoms. The Kier molecular flexibility index (Phi) is 3.23. The van der Waals surface area contributed by atoms with E-state index in [1.807, 2.05) is 0 Å². The molecule has 0 radical (unpaired) electrons. The standard InChI is InChI=1S/C18H22N2O/c19-17-6-3-4-13-10-20(12-16(13)17)11-14-8-9-21-18-7-2-1-5-15(14)18/h1-2,5,7,10,12,14,17H,3-4,6,8-9,11,19H2. The Morgan fingerprint density at radius 3 is 2.95 bits per heavy atom. The second-order valence-electron chi connectivity index (χ2n) is 6.31. The maximum atomic E-state index is 6.24. The Bertz CT molecular complexity index is 646. The number of aromatic nitrogens is 1. The number of nitrogens with two attached hydrogens (primary N) is 1. The molecule has 0 amide bonds. The van der Waals surface area contributed by atoms with Gasteiger partial charge < -0.3 is 15.0 Å². The summed E-state index contributed by atoms with van der Waals surface area (Å²) in [5, 5.41) is 0. The van der Waals surface area contributed by atoms with Gasteiger partial charge in [-0.3, -0.25) is 0 Å². The first kappa shape index (κ1) is 13.0. The number of benzene rings is 1. The zero-order valence-electron chi connectivity index (χ0n) is 12.3. The fourth-order valence-electron chi connectivity index (χ4n) is 3.75. The van der Waals surface area contributed by atoms with Crippen LogP contribution in [0.25, 0.3) is 0 Å². The molecule has 2 atom stereocenters. The van der Waals surface area contributed by atoms with E-state index in [1.54, 1.807) is 0 Å². The van der Waals surface area contributed by atoms with Crippen LogP contribution in [0.2, 0.25) is 0 Å². The number of para-hydroxylation sites is 1. The number of aryl methyl sites for hydroxylation is 1. The van der Waals surface area contributed by atoms with E-state index >= 15 is 0 Å². The minimum atomic E-state index is 0.233. The maximum Gasteiger partial charge on any atom is 0.122 e. The van der Waals surface area contributed by atoms with Crippen LogP contribution >= 0.6 is 0 Å². The van der Waals surface area contributed by atoms with Gasteiger partial charge in [0.15, 0.2) is 0 Å². The molecule has 0 fully saturated rings. The van der Waals surface area contributed by atoms with Crippen molar-refractivity contribution in [2.75, 3.05) is 6.61 Å². The first-order valence-electron chi connectivity index (χ1n) is 7.97. The largest absolute Gasteiger partial charge is 0.493 e. The Morgan fingerprint density at radius 2 is 2.05 bits per heavy atom. The molecular formula is C18H22N2O. The molecule has 0 bridgehead atoms. The molecular weight excluding hydrogens is 260 g/mol. The zero-order valence-corrected chi connectivity index (χ0v) is 12.3. The van der Waals surface area contributed by atoms with E-state index in [1.165, 1.54) is 29.5 Å². The Balaban J connectivity index is 1.60. The van der Waals surface area contributed by atoms with Crippen molar-refractivity contribution in [3.05, 3.63) is 53.3 Å². The van der Waals surface area contributed by atoms with E-state index in [4.69, 9.17) is 10.5 Å². The van der Waals surface area contributed by atoms with Gasteiger partial charge in [0.2, 0.25) is 0 Å². The van der Waals surface area contributed by atoms with Crippen LogP contribution in [0.1, 0.15) is 47.9 Å². The lowest BCUT2D eigenvalue weighted by Crippen LogP contribution is -2.18. The third-order valence-corrected chi connectivity index (χ3v) is 4.87. The van der Waals surface area contributed by atoms with Crippen LogP contribution in [0.5, 0.6) is 5.75 Å². The third-order valence-electron chi connectivity index (χ3n) is 4.87.